The number of thioether (sulfide) groups is 1. The summed E-state index contributed by atoms with van der Waals surface area (Å²) in [6, 6.07) is 23.6. The van der Waals surface area contributed by atoms with Crippen molar-refractivity contribution in [2.24, 2.45) is 0 Å². The largest absolute Gasteiger partial charge is 0.332 e. The molecule has 3 N–H and O–H groups in total. The number of thiazole rings is 1. The highest BCUT2D eigenvalue weighted by Crippen LogP contribution is 2.30. The van der Waals surface area contributed by atoms with Crippen molar-refractivity contribution >= 4 is 62.8 Å². The molecule has 1 aromatic heterocycles. The summed E-state index contributed by atoms with van der Waals surface area (Å²) in [6.45, 7) is 1.98. The van der Waals surface area contributed by atoms with Crippen molar-refractivity contribution in [2.75, 3.05) is 16.0 Å². The molecule has 0 radical (unpaired) electrons. The molecule has 0 bridgehead atoms. The van der Waals surface area contributed by atoms with Gasteiger partial charge >= 0.3 is 0 Å². The Kier molecular flexibility index (Phi) is 8.46. The minimum absolute atomic E-state index is 0.114. The molecular weight excluding hydrogens is 500 g/mol. The van der Waals surface area contributed by atoms with Crippen LogP contribution >= 0.6 is 35.3 Å². The molecular formula is C26H23FN4OS3. The lowest BCUT2D eigenvalue weighted by molar-refractivity contribution is -0.115. The number of carbonyl (C=O) groups excluding carboxylic acids is 1. The molecule has 1 amide bonds. The number of carbonyl (C=O) groups is 1. The van der Waals surface area contributed by atoms with Crippen molar-refractivity contribution in [2.45, 2.75) is 23.5 Å². The first-order chi connectivity index (χ1) is 17.0. The van der Waals surface area contributed by atoms with E-state index in [1.54, 1.807) is 12.1 Å². The van der Waals surface area contributed by atoms with E-state index >= 15 is 0 Å². The normalized spacial score (nSPS) is 11.5. The lowest BCUT2D eigenvalue weighted by atomic mass is 10.2. The summed E-state index contributed by atoms with van der Waals surface area (Å²) in [6.07, 6.45) is 0.651. The van der Waals surface area contributed by atoms with E-state index in [1.807, 2.05) is 66.9 Å². The highest BCUT2D eigenvalue weighted by atomic mass is 32.2. The fraction of sp³-hybridized carbons (Fsp3) is 0.115. The molecule has 0 aliphatic rings. The number of hydrogen-bond acceptors (Lipinski definition) is 5. The van der Waals surface area contributed by atoms with Crippen LogP contribution in [0.5, 0.6) is 0 Å². The zero-order valence-corrected chi connectivity index (χ0v) is 21.3. The molecule has 3 aromatic carbocycles. The van der Waals surface area contributed by atoms with Crippen LogP contribution in [0, 0.1) is 5.82 Å². The molecule has 0 aliphatic heterocycles. The second kappa shape index (κ2) is 11.9. The van der Waals surface area contributed by atoms with Crippen LogP contribution in [0.25, 0.3) is 11.3 Å². The van der Waals surface area contributed by atoms with Gasteiger partial charge in [0.15, 0.2) is 10.2 Å². The summed E-state index contributed by atoms with van der Waals surface area (Å²) in [5.41, 5.74) is 3.24. The van der Waals surface area contributed by atoms with E-state index < -0.39 is 0 Å². The van der Waals surface area contributed by atoms with Gasteiger partial charge in [-0.2, -0.15) is 0 Å². The summed E-state index contributed by atoms with van der Waals surface area (Å²) in [5.74, 6) is -0.411. The number of para-hydroxylation sites is 1. The number of rotatable bonds is 8. The number of amides is 1. The Balaban J connectivity index is 1.36. The van der Waals surface area contributed by atoms with Gasteiger partial charge in [0.1, 0.15) is 5.82 Å². The van der Waals surface area contributed by atoms with Crippen molar-refractivity contribution in [3.8, 4) is 11.3 Å². The molecule has 1 atom stereocenters. The molecule has 0 fully saturated rings. The smallest absolute Gasteiger partial charge is 0.239 e. The first-order valence-electron chi connectivity index (χ1n) is 10.9. The van der Waals surface area contributed by atoms with Gasteiger partial charge in [0.25, 0.3) is 0 Å². The van der Waals surface area contributed by atoms with Crippen molar-refractivity contribution in [3.63, 3.8) is 0 Å². The Morgan fingerprint density at radius 1 is 1.00 bits per heavy atom. The van der Waals surface area contributed by atoms with Gasteiger partial charge in [-0.3, -0.25) is 4.79 Å². The van der Waals surface area contributed by atoms with E-state index in [2.05, 4.69) is 20.9 Å². The third-order valence-corrected chi connectivity index (χ3v) is 7.26. The molecule has 9 heteroatoms. The maximum Gasteiger partial charge on any atom is 0.239 e. The zero-order chi connectivity index (χ0) is 24.6. The predicted octanol–water partition coefficient (Wildman–Crippen LogP) is 7.27. The fourth-order valence-corrected chi connectivity index (χ4v) is 5.19. The maximum atomic E-state index is 13.2. The summed E-state index contributed by atoms with van der Waals surface area (Å²) < 4.78 is 13.2. The van der Waals surface area contributed by atoms with Gasteiger partial charge in [-0.05, 0) is 73.2 Å². The Hall–Kier alpha value is -3.27. The highest BCUT2D eigenvalue weighted by molar-refractivity contribution is 8.00. The van der Waals surface area contributed by atoms with E-state index in [-0.39, 0.29) is 17.0 Å². The first kappa shape index (κ1) is 24.8. The van der Waals surface area contributed by atoms with E-state index in [0.29, 0.717) is 22.4 Å². The number of benzene rings is 3. The van der Waals surface area contributed by atoms with Crippen molar-refractivity contribution < 1.29 is 9.18 Å². The van der Waals surface area contributed by atoms with E-state index in [0.717, 1.165) is 21.8 Å². The van der Waals surface area contributed by atoms with Gasteiger partial charge in [0.2, 0.25) is 5.91 Å². The zero-order valence-electron chi connectivity index (χ0n) is 18.8. The second-order valence-electron chi connectivity index (χ2n) is 7.52. The average Bonchev–Trinajstić information content (AvgIpc) is 3.32. The van der Waals surface area contributed by atoms with Gasteiger partial charge < -0.3 is 16.0 Å². The van der Waals surface area contributed by atoms with E-state index in [1.165, 1.54) is 35.2 Å². The van der Waals surface area contributed by atoms with Gasteiger partial charge in [0, 0.05) is 27.2 Å². The van der Waals surface area contributed by atoms with Crippen molar-refractivity contribution in [1.29, 1.82) is 0 Å². The topological polar surface area (TPSA) is 66.0 Å². The Labute approximate surface area is 217 Å². The van der Waals surface area contributed by atoms with Crippen molar-refractivity contribution in [3.05, 3.63) is 90.1 Å². The number of nitrogens with zero attached hydrogens (tertiary/aromatic N) is 1. The van der Waals surface area contributed by atoms with Crippen LogP contribution in [0.3, 0.4) is 0 Å². The number of hydrogen-bond donors (Lipinski definition) is 3. The van der Waals surface area contributed by atoms with Gasteiger partial charge in [-0.1, -0.05) is 31.2 Å². The quantitative estimate of drug-likeness (QED) is 0.167. The SMILES string of the molecule is CCC(Sc1cccc(NC(=S)Nc2ccccc2)c1)C(=O)Nc1nc(-c2ccc(F)cc2)cs1. The Morgan fingerprint density at radius 3 is 2.46 bits per heavy atom. The van der Waals surface area contributed by atoms with Crippen molar-refractivity contribution in [1.82, 2.24) is 4.98 Å². The molecule has 178 valence electrons. The Morgan fingerprint density at radius 2 is 1.71 bits per heavy atom. The molecule has 0 aliphatic carbocycles. The second-order valence-corrected chi connectivity index (χ2v) is 10.1. The van der Waals surface area contributed by atoms with E-state index in [9.17, 15) is 9.18 Å². The lowest BCUT2D eigenvalue weighted by Crippen LogP contribution is -2.24. The molecule has 35 heavy (non-hydrogen) atoms. The summed E-state index contributed by atoms with van der Waals surface area (Å²) in [7, 11) is 0. The Bertz CT molecular complexity index is 1300. The van der Waals surface area contributed by atoms with Crippen LogP contribution in [0.4, 0.5) is 20.9 Å². The molecule has 0 saturated heterocycles. The maximum absolute atomic E-state index is 13.2. The standard InChI is InChI=1S/C26H23FN4OS3/c1-2-23(24(32)31-26-30-22(16-34-26)17-11-13-18(27)14-12-17)35-21-10-6-9-20(15-21)29-25(33)28-19-7-4-3-5-8-19/h3-16,23H,2H2,1H3,(H2,28,29,33)(H,30,31,32). The fourth-order valence-electron chi connectivity index (χ4n) is 3.22. The minimum atomic E-state index is -0.297. The molecule has 4 aromatic rings. The number of thiocarbonyl (C=S) groups is 1. The minimum Gasteiger partial charge on any atom is -0.332 e. The van der Waals surface area contributed by atoms with Gasteiger partial charge in [-0.25, -0.2) is 9.37 Å². The predicted molar refractivity (Wildman–Crippen MR) is 149 cm³/mol. The van der Waals surface area contributed by atoms with Crippen LogP contribution in [0.15, 0.2) is 89.1 Å². The first-order valence-corrected chi connectivity index (χ1v) is 13.1. The molecule has 1 unspecified atom stereocenters. The molecule has 1 heterocycles. The monoisotopic (exact) mass is 522 g/mol. The summed E-state index contributed by atoms with van der Waals surface area (Å²) in [5, 5.41) is 11.8. The number of anilines is 3. The third-order valence-electron chi connectivity index (χ3n) is 4.94. The molecule has 0 spiro atoms. The number of halogens is 1. The lowest BCUT2D eigenvalue weighted by Gasteiger charge is -2.15. The number of aromatic nitrogens is 1. The molecule has 0 saturated carbocycles. The van der Waals surface area contributed by atoms with E-state index in [4.69, 9.17) is 12.2 Å². The summed E-state index contributed by atoms with van der Waals surface area (Å²) >= 11 is 8.24. The van der Waals surface area contributed by atoms with Gasteiger partial charge in [-0.15, -0.1) is 23.1 Å². The third kappa shape index (κ3) is 7.11. The van der Waals surface area contributed by atoms with Crippen LogP contribution in [-0.4, -0.2) is 21.3 Å². The average molecular weight is 523 g/mol. The van der Waals surface area contributed by atoms with Crippen LogP contribution in [0.1, 0.15) is 13.3 Å². The van der Waals surface area contributed by atoms with Crippen LogP contribution < -0.4 is 16.0 Å². The molecule has 4 rings (SSSR count). The van der Waals surface area contributed by atoms with Gasteiger partial charge in [0.05, 0.1) is 10.9 Å². The molecule has 5 nitrogen and oxygen atoms in total. The highest BCUT2D eigenvalue weighted by Gasteiger charge is 2.20. The van der Waals surface area contributed by atoms with Crippen LogP contribution in [0.2, 0.25) is 0 Å². The summed E-state index contributed by atoms with van der Waals surface area (Å²) in [4.78, 5) is 18.4. The van der Waals surface area contributed by atoms with Crippen LogP contribution in [-0.2, 0) is 4.79 Å². The number of nitrogens with one attached hydrogen (secondary N) is 3.